The Bertz CT molecular complexity index is 1760. The predicted molar refractivity (Wildman–Crippen MR) is 155 cm³/mol. The highest BCUT2D eigenvalue weighted by Gasteiger charge is 2.71. The maximum atomic E-state index is 14.7. The van der Waals surface area contributed by atoms with Crippen molar-refractivity contribution in [2.24, 2.45) is 5.41 Å². The standard InChI is InChI=1S/C34H23ClFNO4/c1-41-24-6-4-5-21(18-24)31(38)30-29(19-9-13-23(36)14-10-19)34(32(39)25-7-2-3-8-26(25)33(34)40)28-16-11-20-17-22(35)12-15-27(20)37(28)30/h2-18,28-30H,1H3/t28-,29-,30-/m0/s1. The van der Waals surface area contributed by atoms with Crippen LogP contribution in [0.5, 0.6) is 5.75 Å². The molecule has 1 saturated heterocycles. The maximum Gasteiger partial charge on any atom is 0.186 e. The number of rotatable bonds is 4. The monoisotopic (exact) mass is 563 g/mol. The van der Waals surface area contributed by atoms with Gasteiger partial charge in [0.25, 0.3) is 0 Å². The normalized spacial score (nSPS) is 21.5. The number of carbonyl (C=O) groups is 3. The molecule has 0 saturated carbocycles. The maximum absolute atomic E-state index is 14.7. The molecule has 5 nitrogen and oxygen atoms in total. The molecule has 0 radical (unpaired) electrons. The summed E-state index contributed by atoms with van der Waals surface area (Å²) in [6.07, 6.45) is 3.68. The lowest BCUT2D eigenvalue weighted by molar-refractivity contribution is 0.0666. The summed E-state index contributed by atoms with van der Waals surface area (Å²) in [5.41, 5.74) is 1.35. The van der Waals surface area contributed by atoms with Crippen molar-refractivity contribution in [3.8, 4) is 5.75 Å². The molecule has 0 bridgehead atoms. The molecule has 2 heterocycles. The average molecular weight is 564 g/mol. The summed E-state index contributed by atoms with van der Waals surface area (Å²) >= 11 is 6.34. The molecule has 4 aromatic rings. The number of hydrogen-bond donors (Lipinski definition) is 0. The summed E-state index contributed by atoms with van der Waals surface area (Å²) in [5.74, 6) is -1.85. The number of fused-ring (bicyclic) bond motifs is 5. The lowest BCUT2D eigenvalue weighted by Crippen LogP contribution is -2.48. The van der Waals surface area contributed by atoms with Crippen LogP contribution in [0.3, 0.4) is 0 Å². The summed E-state index contributed by atoms with van der Waals surface area (Å²) in [5, 5.41) is 0.520. The third-order valence-electron chi connectivity index (χ3n) is 8.62. The van der Waals surface area contributed by atoms with Gasteiger partial charge < -0.3 is 9.64 Å². The van der Waals surface area contributed by atoms with Crippen LogP contribution >= 0.6 is 11.6 Å². The van der Waals surface area contributed by atoms with Gasteiger partial charge in [0.05, 0.1) is 13.2 Å². The fourth-order valence-electron chi connectivity index (χ4n) is 6.94. The molecule has 3 aliphatic rings. The molecule has 1 aliphatic carbocycles. The molecular weight excluding hydrogens is 541 g/mol. The minimum absolute atomic E-state index is 0.284. The number of halogens is 2. The van der Waals surface area contributed by atoms with Crippen molar-refractivity contribution < 1.29 is 23.5 Å². The van der Waals surface area contributed by atoms with Gasteiger partial charge in [-0.25, -0.2) is 4.39 Å². The minimum atomic E-state index is -1.66. The van der Waals surface area contributed by atoms with Crippen molar-refractivity contribution >= 4 is 40.7 Å². The number of benzene rings is 4. The van der Waals surface area contributed by atoms with Gasteiger partial charge in [0.2, 0.25) is 0 Å². The molecule has 7 rings (SSSR count). The van der Waals surface area contributed by atoms with Crippen molar-refractivity contribution in [2.45, 2.75) is 18.0 Å². The first-order valence-corrected chi connectivity index (χ1v) is 13.6. The number of ether oxygens (including phenoxy) is 1. The number of ketones is 3. The Kier molecular flexibility index (Phi) is 5.73. The van der Waals surface area contributed by atoms with Gasteiger partial charge in [-0.3, -0.25) is 14.4 Å². The van der Waals surface area contributed by atoms with Crippen molar-refractivity contribution in [3.63, 3.8) is 0 Å². The summed E-state index contributed by atoms with van der Waals surface area (Å²) in [7, 11) is 1.52. The fourth-order valence-corrected chi connectivity index (χ4v) is 7.12. The van der Waals surface area contributed by atoms with E-state index < -0.39 is 29.2 Å². The number of Topliss-reactive ketones (excluding diaryl/α,β-unsaturated/α-hetero) is 3. The third-order valence-corrected chi connectivity index (χ3v) is 8.85. The van der Waals surface area contributed by atoms with Crippen LogP contribution in [0.15, 0.2) is 97.1 Å². The van der Waals surface area contributed by atoms with E-state index in [-0.39, 0.29) is 17.3 Å². The summed E-state index contributed by atoms with van der Waals surface area (Å²) in [4.78, 5) is 45.8. The van der Waals surface area contributed by atoms with Crippen molar-refractivity contribution in [3.05, 3.63) is 136 Å². The first kappa shape index (κ1) is 25.4. The van der Waals surface area contributed by atoms with Crippen molar-refractivity contribution in [2.75, 3.05) is 12.0 Å². The Morgan fingerprint density at radius 2 is 1.61 bits per heavy atom. The molecule has 0 amide bonds. The van der Waals surface area contributed by atoms with E-state index in [0.29, 0.717) is 38.7 Å². The highest BCUT2D eigenvalue weighted by atomic mass is 35.5. The van der Waals surface area contributed by atoms with Crippen LogP contribution < -0.4 is 9.64 Å². The summed E-state index contributed by atoms with van der Waals surface area (Å²) in [6, 6.07) is 22.9. The molecule has 3 atom stereocenters. The highest BCUT2D eigenvalue weighted by Crippen LogP contribution is 2.61. The number of carbonyl (C=O) groups excluding carboxylic acids is 3. The molecule has 41 heavy (non-hydrogen) atoms. The van der Waals surface area contributed by atoms with Gasteiger partial charge in [-0.15, -0.1) is 0 Å². The van der Waals surface area contributed by atoms with E-state index in [0.717, 1.165) is 5.56 Å². The Morgan fingerprint density at radius 1 is 0.902 bits per heavy atom. The Labute approximate surface area is 240 Å². The van der Waals surface area contributed by atoms with Crippen LogP contribution in [0.4, 0.5) is 10.1 Å². The van der Waals surface area contributed by atoms with Crippen LogP contribution in [0.25, 0.3) is 6.08 Å². The molecule has 4 aromatic carbocycles. The second-order valence-corrected chi connectivity index (χ2v) is 11.0. The minimum Gasteiger partial charge on any atom is -0.497 e. The van der Waals surface area contributed by atoms with Gasteiger partial charge in [0.15, 0.2) is 17.3 Å². The van der Waals surface area contributed by atoms with Gasteiger partial charge in [-0.1, -0.05) is 72.3 Å². The van der Waals surface area contributed by atoms with E-state index in [9.17, 15) is 18.8 Å². The third kappa shape index (κ3) is 3.50. The van der Waals surface area contributed by atoms with Gasteiger partial charge in [-0.05, 0) is 53.6 Å². The van der Waals surface area contributed by atoms with E-state index >= 15 is 0 Å². The van der Waals surface area contributed by atoms with E-state index in [2.05, 4.69) is 0 Å². The Morgan fingerprint density at radius 3 is 2.29 bits per heavy atom. The quantitative estimate of drug-likeness (QED) is 0.202. The van der Waals surface area contributed by atoms with Crippen LogP contribution in [0, 0.1) is 11.2 Å². The molecule has 1 fully saturated rings. The fraction of sp³-hybridized carbons (Fsp3) is 0.147. The van der Waals surface area contributed by atoms with E-state index in [1.54, 1.807) is 72.8 Å². The van der Waals surface area contributed by atoms with Crippen LogP contribution in [-0.4, -0.2) is 36.5 Å². The summed E-state index contributed by atoms with van der Waals surface area (Å²) < 4.78 is 19.6. The molecule has 1 spiro atoms. The molecule has 7 heteroatoms. The van der Waals surface area contributed by atoms with Crippen LogP contribution in [0.2, 0.25) is 5.02 Å². The van der Waals surface area contributed by atoms with Crippen LogP contribution in [0.1, 0.15) is 48.1 Å². The molecule has 0 unspecified atom stereocenters. The van der Waals surface area contributed by atoms with Gasteiger partial charge in [0, 0.05) is 33.3 Å². The molecule has 202 valence electrons. The number of methoxy groups -OCH3 is 1. The number of nitrogens with zero attached hydrogens (tertiary/aromatic N) is 1. The second-order valence-electron chi connectivity index (χ2n) is 10.6. The zero-order valence-corrected chi connectivity index (χ0v) is 22.6. The van der Waals surface area contributed by atoms with E-state index in [4.69, 9.17) is 16.3 Å². The van der Waals surface area contributed by atoms with Crippen molar-refractivity contribution in [1.82, 2.24) is 0 Å². The van der Waals surface area contributed by atoms with E-state index in [1.165, 1.54) is 19.2 Å². The molecule has 2 aliphatic heterocycles. The number of hydrogen-bond acceptors (Lipinski definition) is 5. The van der Waals surface area contributed by atoms with Gasteiger partial charge in [0.1, 0.15) is 23.0 Å². The zero-order chi connectivity index (χ0) is 28.5. The van der Waals surface area contributed by atoms with Crippen molar-refractivity contribution in [1.29, 1.82) is 0 Å². The molecular formula is C34H23ClFNO4. The average Bonchev–Trinajstić information content (AvgIpc) is 3.43. The molecule has 0 N–H and O–H groups in total. The first-order valence-electron chi connectivity index (χ1n) is 13.2. The van der Waals surface area contributed by atoms with E-state index in [1.807, 2.05) is 23.1 Å². The van der Waals surface area contributed by atoms with Crippen LogP contribution in [-0.2, 0) is 0 Å². The lowest BCUT2D eigenvalue weighted by Gasteiger charge is -2.37. The Hall–Kier alpha value is -4.55. The van der Waals surface area contributed by atoms with Gasteiger partial charge in [-0.2, -0.15) is 0 Å². The SMILES string of the molecule is COc1cccc(C(=O)[C@@H]2[C@H](c3ccc(F)cc3)C3(C(=O)c4ccccc4C3=O)[C@@H]3C=Cc4cc(Cl)ccc4N23)c1. The molecule has 0 aromatic heterocycles. The lowest BCUT2D eigenvalue weighted by atomic mass is 9.64. The smallest absolute Gasteiger partial charge is 0.186 e. The Balaban J connectivity index is 1.54. The largest absolute Gasteiger partial charge is 0.497 e. The first-order chi connectivity index (χ1) is 19.9. The second kappa shape index (κ2) is 9.25. The van der Waals surface area contributed by atoms with Gasteiger partial charge >= 0.3 is 0 Å². The summed E-state index contributed by atoms with van der Waals surface area (Å²) in [6.45, 7) is 0. The predicted octanol–water partition coefficient (Wildman–Crippen LogP) is 6.80. The zero-order valence-electron chi connectivity index (χ0n) is 21.9. The number of anilines is 1. The topological polar surface area (TPSA) is 63.7 Å². The highest BCUT2D eigenvalue weighted by molar-refractivity contribution is 6.32.